The molecular formula is C23H21N3O2. The molecule has 1 saturated carbocycles. The van der Waals surface area contributed by atoms with Crippen LogP contribution in [0.3, 0.4) is 0 Å². The van der Waals surface area contributed by atoms with Crippen LogP contribution in [0.2, 0.25) is 0 Å². The molecule has 2 aliphatic rings. The molecule has 5 nitrogen and oxygen atoms in total. The summed E-state index contributed by atoms with van der Waals surface area (Å²) in [4.78, 5) is 31.4. The van der Waals surface area contributed by atoms with Gasteiger partial charge >= 0.3 is 0 Å². The lowest BCUT2D eigenvalue weighted by Gasteiger charge is -2.29. The van der Waals surface area contributed by atoms with Crippen molar-refractivity contribution in [3.05, 3.63) is 71.4 Å². The van der Waals surface area contributed by atoms with Crippen molar-refractivity contribution >= 4 is 28.4 Å². The van der Waals surface area contributed by atoms with Gasteiger partial charge in [-0.05, 0) is 54.7 Å². The van der Waals surface area contributed by atoms with Crippen LogP contribution < -0.4 is 5.32 Å². The summed E-state index contributed by atoms with van der Waals surface area (Å²) in [6.45, 7) is 1.41. The van der Waals surface area contributed by atoms with Crippen LogP contribution in [0.4, 0.5) is 5.69 Å². The predicted octanol–water partition coefficient (Wildman–Crippen LogP) is 3.78. The first-order valence-corrected chi connectivity index (χ1v) is 9.75. The molecule has 1 N–H and O–H groups in total. The van der Waals surface area contributed by atoms with Crippen LogP contribution in [0.5, 0.6) is 0 Å². The van der Waals surface area contributed by atoms with E-state index < -0.39 is 0 Å². The lowest BCUT2D eigenvalue weighted by Crippen LogP contribution is -2.36. The standard InChI is InChI=1S/C23H21N3O2/c27-22(21-10-8-16-3-1-2-4-20(16)25-21)24-19-9-7-15-11-12-26(14-18(15)13-19)23(28)17-5-6-17/h1-4,7-10,13,17H,5-6,11-12,14H2,(H,24,27). The molecule has 1 aliphatic heterocycles. The van der Waals surface area contributed by atoms with Gasteiger partial charge in [-0.1, -0.05) is 30.3 Å². The largest absolute Gasteiger partial charge is 0.338 e. The van der Waals surface area contributed by atoms with Crippen LogP contribution in [-0.4, -0.2) is 28.2 Å². The number of hydrogen-bond acceptors (Lipinski definition) is 3. The minimum absolute atomic E-state index is 0.229. The lowest BCUT2D eigenvalue weighted by atomic mass is 9.98. The molecule has 1 aromatic heterocycles. The van der Waals surface area contributed by atoms with E-state index >= 15 is 0 Å². The molecule has 2 aromatic carbocycles. The summed E-state index contributed by atoms with van der Waals surface area (Å²) in [6.07, 6.45) is 2.92. The minimum Gasteiger partial charge on any atom is -0.338 e. The van der Waals surface area contributed by atoms with Crippen LogP contribution in [0.15, 0.2) is 54.6 Å². The van der Waals surface area contributed by atoms with E-state index in [1.54, 1.807) is 6.07 Å². The van der Waals surface area contributed by atoms with Gasteiger partial charge in [-0.3, -0.25) is 9.59 Å². The summed E-state index contributed by atoms with van der Waals surface area (Å²) < 4.78 is 0. The molecule has 0 atom stereocenters. The summed E-state index contributed by atoms with van der Waals surface area (Å²) in [5, 5.41) is 3.95. The second-order valence-corrected chi connectivity index (χ2v) is 7.61. The molecule has 2 heterocycles. The van der Waals surface area contributed by atoms with Crippen molar-refractivity contribution in [1.82, 2.24) is 9.88 Å². The number of carbonyl (C=O) groups is 2. The smallest absolute Gasteiger partial charge is 0.274 e. The number of benzene rings is 2. The van der Waals surface area contributed by atoms with Crippen molar-refractivity contribution in [2.75, 3.05) is 11.9 Å². The quantitative estimate of drug-likeness (QED) is 0.762. The van der Waals surface area contributed by atoms with Crippen LogP contribution in [0.1, 0.15) is 34.5 Å². The van der Waals surface area contributed by atoms with Gasteiger partial charge < -0.3 is 10.2 Å². The third kappa shape index (κ3) is 3.24. The lowest BCUT2D eigenvalue weighted by molar-refractivity contribution is -0.133. The van der Waals surface area contributed by atoms with Gasteiger partial charge in [-0.15, -0.1) is 0 Å². The number of amides is 2. The number of carbonyl (C=O) groups excluding carboxylic acids is 2. The van der Waals surface area contributed by atoms with Crippen molar-refractivity contribution in [1.29, 1.82) is 0 Å². The number of rotatable bonds is 3. The highest BCUT2D eigenvalue weighted by atomic mass is 16.2. The van der Waals surface area contributed by atoms with Crippen LogP contribution in [0.25, 0.3) is 10.9 Å². The van der Waals surface area contributed by atoms with E-state index in [2.05, 4.69) is 16.4 Å². The molecule has 5 rings (SSSR count). The molecule has 5 heteroatoms. The van der Waals surface area contributed by atoms with E-state index in [9.17, 15) is 9.59 Å². The Hall–Kier alpha value is -3.21. The summed E-state index contributed by atoms with van der Waals surface area (Å²) in [5.74, 6) is 0.288. The van der Waals surface area contributed by atoms with Gasteiger partial charge in [-0.2, -0.15) is 0 Å². The fourth-order valence-corrected chi connectivity index (χ4v) is 3.80. The first-order valence-electron chi connectivity index (χ1n) is 9.75. The molecule has 140 valence electrons. The molecule has 3 aromatic rings. The Morgan fingerprint density at radius 2 is 1.86 bits per heavy atom. The molecular weight excluding hydrogens is 350 g/mol. The zero-order chi connectivity index (χ0) is 19.1. The van der Waals surface area contributed by atoms with E-state index in [1.807, 2.05) is 47.4 Å². The maximum atomic E-state index is 12.7. The molecule has 0 radical (unpaired) electrons. The number of para-hydroxylation sites is 1. The van der Waals surface area contributed by atoms with Gasteiger partial charge in [0.25, 0.3) is 5.91 Å². The number of pyridine rings is 1. The average molecular weight is 371 g/mol. The first kappa shape index (κ1) is 16.9. The van der Waals surface area contributed by atoms with Crippen molar-refractivity contribution in [3.8, 4) is 0 Å². The second-order valence-electron chi connectivity index (χ2n) is 7.61. The van der Waals surface area contributed by atoms with Crippen molar-refractivity contribution in [3.63, 3.8) is 0 Å². The Morgan fingerprint density at radius 3 is 2.71 bits per heavy atom. The maximum absolute atomic E-state index is 12.7. The van der Waals surface area contributed by atoms with Crippen LogP contribution in [0, 0.1) is 5.92 Å². The number of fused-ring (bicyclic) bond motifs is 2. The summed E-state index contributed by atoms with van der Waals surface area (Å²) in [5.41, 5.74) is 4.29. The highest BCUT2D eigenvalue weighted by molar-refractivity contribution is 6.04. The number of hydrogen-bond donors (Lipinski definition) is 1. The third-order valence-corrected chi connectivity index (χ3v) is 5.55. The van der Waals surface area contributed by atoms with Crippen LogP contribution >= 0.6 is 0 Å². The highest BCUT2D eigenvalue weighted by Crippen LogP contribution is 2.33. The van der Waals surface area contributed by atoms with Gasteiger partial charge in [-0.25, -0.2) is 4.98 Å². The van der Waals surface area contributed by atoms with Crippen molar-refractivity contribution in [2.45, 2.75) is 25.8 Å². The van der Waals surface area contributed by atoms with E-state index in [4.69, 9.17) is 0 Å². The number of nitrogens with one attached hydrogen (secondary N) is 1. The van der Waals surface area contributed by atoms with Gasteiger partial charge in [0.1, 0.15) is 5.69 Å². The molecule has 0 unspecified atom stereocenters. The number of nitrogens with zero attached hydrogens (tertiary/aromatic N) is 2. The Kier molecular flexibility index (Phi) is 4.08. The van der Waals surface area contributed by atoms with Crippen molar-refractivity contribution in [2.24, 2.45) is 5.92 Å². The summed E-state index contributed by atoms with van der Waals surface area (Å²) in [7, 11) is 0. The van der Waals surface area contributed by atoms with Gasteiger partial charge in [0.05, 0.1) is 5.52 Å². The monoisotopic (exact) mass is 371 g/mol. The van der Waals surface area contributed by atoms with Crippen LogP contribution in [-0.2, 0) is 17.8 Å². The van der Waals surface area contributed by atoms with Crippen molar-refractivity contribution < 1.29 is 9.59 Å². The zero-order valence-corrected chi connectivity index (χ0v) is 15.5. The second kappa shape index (κ2) is 6.75. The molecule has 0 spiro atoms. The Balaban J connectivity index is 1.34. The fraction of sp³-hybridized carbons (Fsp3) is 0.261. The topological polar surface area (TPSA) is 62.3 Å². The minimum atomic E-state index is -0.229. The van der Waals surface area contributed by atoms with Gasteiger partial charge in [0, 0.05) is 30.1 Å². The average Bonchev–Trinajstić information content (AvgIpc) is 3.57. The van der Waals surface area contributed by atoms with E-state index in [0.29, 0.717) is 12.2 Å². The van der Waals surface area contributed by atoms with E-state index in [1.165, 1.54) is 5.56 Å². The summed E-state index contributed by atoms with van der Waals surface area (Å²) in [6, 6.07) is 17.4. The van der Waals surface area contributed by atoms with Gasteiger partial charge in [0.2, 0.25) is 5.91 Å². The Bertz CT molecular complexity index is 1090. The van der Waals surface area contributed by atoms with E-state index in [-0.39, 0.29) is 17.7 Å². The zero-order valence-electron chi connectivity index (χ0n) is 15.5. The molecule has 0 saturated heterocycles. The predicted molar refractivity (Wildman–Crippen MR) is 108 cm³/mol. The molecule has 1 fully saturated rings. The normalized spacial score (nSPS) is 15.9. The number of anilines is 1. The Labute approximate surface area is 163 Å². The summed E-state index contributed by atoms with van der Waals surface area (Å²) >= 11 is 0. The van der Waals surface area contributed by atoms with E-state index in [0.717, 1.165) is 48.0 Å². The molecule has 0 bridgehead atoms. The third-order valence-electron chi connectivity index (χ3n) is 5.55. The number of aromatic nitrogens is 1. The fourth-order valence-electron chi connectivity index (χ4n) is 3.80. The SMILES string of the molecule is O=C(Nc1ccc2c(c1)CN(C(=O)C1CC1)CC2)c1ccc2ccccc2n1. The molecule has 28 heavy (non-hydrogen) atoms. The maximum Gasteiger partial charge on any atom is 0.274 e. The molecule has 1 aliphatic carbocycles. The molecule has 2 amide bonds. The Morgan fingerprint density at radius 1 is 1.00 bits per heavy atom. The first-order chi connectivity index (χ1) is 13.7. The highest BCUT2D eigenvalue weighted by Gasteiger charge is 2.34. The van der Waals surface area contributed by atoms with Gasteiger partial charge in [0.15, 0.2) is 0 Å².